The molecule has 0 fully saturated rings. The molecule has 0 spiro atoms. The van der Waals surface area contributed by atoms with E-state index in [4.69, 9.17) is 9.47 Å². The van der Waals surface area contributed by atoms with Crippen LogP contribution in [0.5, 0.6) is 11.5 Å². The first-order valence-corrected chi connectivity index (χ1v) is 9.20. The lowest BCUT2D eigenvalue weighted by Gasteiger charge is -2.09. The number of nitrogens with zero attached hydrogens (tertiary/aromatic N) is 1. The van der Waals surface area contributed by atoms with Crippen LogP contribution in [0.3, 0.4) is 0 Å². The Bertz CT molecular complexity index is 1020. The van der Waals surface area contributed by atoms with E-state index in [0.717, 1.165) is 5.56 Å². The van der Waals surface area contributed by atoms with Crippen molar-refractivity contribution < 1.29 is 19.1 Å². The summed E-state index contributed by atoms with van der Waals surface area (Å²) in [7, 11) is 1.55. The van der Waals surface area contributed by atoms with Crippen LogP contribution in [0.15, 0.2) is 84.0 Å². The van der Waals surface area contributed by atoms with Gasteiger partial charge in [-0.25, -0.2) is 5.43 Å². The molecule has 7 nitrogen and oxygen atoms in total. The number of rotatable bonds is 7. The van der Waals surface area contributed by atoms with Crippen molar-refractivity contribution >= 4 is 23.7 Å². The Morgan fingerprint density at radius 1 is 0.900 bits per heavy atom. The summed E-state index contributed by atoms with van der Waals surface area (Å²) >= 11 is 0. The SMILES string of the molecule is COc1ccc(NC(=O)C(=O)N/N=C/c2ccccc2OCc2ccccc2)cc1. The quantitative estimate of drug-likeness (QED) is 0.360. The fourth-order valence-electron chi connectivity index (χ4n) is 2.53. The standard InChI is InChI=1S/C23H21N3O4/c1-29-20-13-11-19(12-14-20)25-22(27)23(28)26-24-15-18-9-5-6-10-21(18)30-16-17-7-3-2-4-8-17/h2-15H,16H2,1H3,(H,25,27)(H,26,28)/b24-15+. The number of carbonyl (C=O) groups is 2. The molecular weight excluding hydrogens is 382 g/mol. The van der Waals surface area contributed by atoms with Crippen LogP contribution in [-0.2, 0) is 16.2 Å². The van der Waals surface area contributed by atoms with Gasteiger partial charge in [0.15, 0.2) is 0 Å². The zero-order chi connectivity index (χ0) is 21.2. The maximum atomic E-state index is 12.0. The normalized spacial score (nSPS) is 10.4. The number of ether oxygens (including phenoxy) is 2. The number of methoxy groups -OCH3 is 1. The fourth-order valence-corrected chi connectivity index (χ4v) is 2.53. The average Bonchev–Trinajstić information content (AvgIpc) is 2.79. The third-order valence-electron chi connectivity index (χ3n) is 4.08. The molecule has 0 unspecified atom stereocenters. The molecule has 152 valence electrons. The summed E-state index contributed by atoms with van der Waals surface area (Å²) in [5.74, 6) is -0.451. The van der Waals surface area contributed by atoms with Crippen molar-refractivity contribution in [2.75, 3.05) is 12.4 Å². The molecule has 0 saturated heterocycles. The maximum Gasteiger partial charge on any atom is 0.329 e. The second-order valence-corrected chi connectivity index (χ2v) is 6.19. The highest BCUT2D eigenvalue weighted by Crippen LogP contribution is 2.18. The third-order valence-corrected chi connectivity index (χ3v) is 4.08. The van der Waals surface area contributed by atoms with E-state index in [1.165, 1.54) is 6.21 Å². The molecule has 30 heavy (non-hydrogen) atoms. The lowest BCUT2D eigenvalue weighted by Crippen LogP contribution is -2.32. The van der Waals surface area contributed by atoms with E-state index in [2.05, 4.69) is 15.8 Å². The molecule has 0 saturated carbocycles. The monoisotopic (exact) mass is 403 g/mol. The largest absolute Gasteiger partial charge is 0.497 e. The van der Waals surface area contributed by atoms with Crippen LogP contribution in [0.1, 0.15) is 11.1 Å². The van der Waals surface area contributed by atoms with Gasteiger partial charge in [0, 0.05) is 11.3 Å². The van der Waals surface area contributed by atoms with Crippen molar-refractivity contribution in [3.63, 3.8) is 0 Å². The van der Waals surface area contributed by atoms with Gasteiger partial charge in [-0.3, -0.25) is 9.59 Å². The van der Waals surface area contributed by atoms with Crippen LogP contribution < -0.4 is 20.2 Å². The van der Waals surface area contributed by atoms with E-state index in [9.17, 15) is 9.59 Å². The summed E-state index contributed by atoms with van der Waals surface area (Å²) in [6, 6.07) is 23.7. The summed E-state index contributed by atoms with van der Waals surface area (Å²) in [4.78, 5) is 23.9. The van der Waals surface area contributed by atoms with Gasteiger partial charge >= 0.3 is 11.8 Å². The minimum absolute atomic E-state index is 0.405. The molecule has 0 aliphatic carbocycles. The molecule has 0 aromatic heterocycles. The number of benzene rings is 3. The first-order valence-electron chi connectivity index (χ1n) is 9.20. The third kappa shape index (κ3) is 5.93. The molecule has 3 aromatic rings. The molecule has 3 rings (SSSR count). The number of hydrogen-bond acceptors (Lipinski definition) is 5. The van der Waals surface area contributed by atoms with E-state index in [1.807, 2.05) is 48.5 Å². The van der Waals surface area contributed by atoms with E-state index in [-0.39, 0.29) is 0 Å². The Balaban J connectivity index is 1.55. The number of para-hydroxylation sites is 1. The zero-order valence-corrected chi connectivity index (χ0v) is 16.4. The minimum Gasteiger partial charge on any atom is -0.497 e. The molecule has 0 bridgehead atoms. The zero-order valence-electron chi connectivity index (χ0n) is 16.4. The average molecular weight is 403 g/mol. The number of hydrazone groups is 1. The van der Waals surface area contributed by atoms with E-state index in [1.54, 1.807) is 37.4 Å². The molecule has 0 atom stereocenters. The minimum atomic E-state index is -0.884. The molecule has 2 N–H and O–H groups in total. The van der Waals surface area contributed by atoms with Gasteiger partial charge in [0.1, 0.15) is 18.1 Å². The second kappa shape index (κ2) is 10.4. The highest BCUT2D eigenvalue weighted by atomic mass is 16.5. The summed E-state index contributed by atoms with van der Waals surface area (Å²) in [5.41, 5.74) is 4.39. The Morgan fingerprint density at radius 2 is 1.60 bits per heavy atom. The fraction of sp³-hybridized carbons (Fsp3) is 0.0870. The van der Waals surface area contributed by atoms with Crippen LogP contribution in [0.25, 0.3) is 0 Å². The Kier molecular flexibility index (Phi) is 7.16. The smallest absolute Gasteiger partial charge is 0.329 e. The molecule has 7 heteroatoms. The van der Waals surface area contributed by atoms with Crippen molar-refractivity contribution in [3.05, 3.63) is 90.0 Å². The van der Waals surface area contributed by atoms with Crippen molar-refractivity contribution in [1.29, 1.82) is 0 Å². The number of hydrogen-bond donors (Lipinski definition) is 2. The Labute approximate surface area is 174 Å². The molecular formula is C23H21N3O4. The topological polar surface area (TPSA) is 89.0 Å². The maximum absolute atomic E-state index is 12.0. The second-order valence-electron chi connectivity index (χ2n) is 6.19. The molecule has 0 aliphatic rings. The van der Waals surface area contributed by atoms with Crippen molar-refractivity contribution in [1.82, 2.24) is 5.43 Å². The van der Waals surface area contributed by atoms with Crippen molar-refractivity contribution in [2.45, 2.75) is 6.61 Å². The number of amides is 2. The molecule has 3 aromatic carbocycles. The lowest BCUT2D eigenvalue weighted by atomic mass is 10.2. The summed E-state index contributed by atoms with van der Waals surface area (Å²) < 4.78 is 10.9. The molecule has 0 aliphatic heterocycles. The predicted molar refractivity (Wildman–Crippen MR) is 115 cm³/mol. The summed E-state index contributed by atoms with van der Waals surface area (Å²) in [6.45, 7) is 0.405. The highest BCUT2D eigenvalue weighted by Gasteiger charge is 2.13. The Morgan fingerprint density at radius 3 is 2.33 bits per heavy atom. The first kappa shape index (κ1) is 20.6. The lowest BCUT2D eigenvalue weighted by molar-refractivity contribution is -0.136. The van der Waals surface area contributed by atoms with Crippen LogP contribution in [0.4, 0.5) is 5.69 Å². The molecule has 2 amide bonds. The van der Waals surface area contributed by atoms with E-state index >= 15 is 0 Å². The number of nitrogens with one attached hydrogen (secondary N) is 2. The number of anilines is 1. The number of carbonyl (C=O) groups excluding carboxylic acids is 2. The van der Waals surface area contributed by atoms with Gasteiger partial charge in [-0.1, -0.05) is 42.5 Å². The van der Waals surface area contributed by atoms with Crippen LogP contribution in [0.2, 0.25) is 0 Å². The summed E-state index contributed by atoms with van der Waals surface area (Å²) in [5, 5.41) is 6.35. The van der Waals surface area contributed by atoms with Crippen molar-refractivity contribution in [2.24, 2.45) is 5.10 Å². The van der Waals surface area contributed by atoms with Gasteiger partial charge in [0.25, 0.3) is 0 Å². The summed E-state index contributed by atoms with van der Waals surface area (Å²) in [6.07, 6.45) is 1.43. The van der Waals surface area contributed by atoms with Crippen molar-refractivity contribution in [3.8, 4) is 11.5 Å². The van der Waals surface area contributed by atoms with Gasteiger partial charge < -0.3 is 14.8 Å². The van der Waals surface area contributed by atoms with E-state index < -0.39 is 11.8 Å². The van der Waals surface area contributed by atoms with Gasteiger partial charge in [0.05, 0.1) is 13.3 Å². The van der Waals surface area contributed by atoms with Gasteiger partial charge in [0.2, 0.25) is 0 Å². The van der Waals surface area contributed by atoms with Gasteiger partial charge in [-0.05, 0) is 42.0 Å². The van der Waals surface area contributed by atoms with Crippen LogP contribution >= 0.6 is 0 Å². The van der Waals surface area contributed by atoms with E-state index in [0.29, 0.717) is 29.4 Å². The van der Waals surface area contributed by atoms with Crippen LogP contribution in [-0.4, -0.2) is 25.1 Å². The van der Waals surface area contributed by atoms with Gasteiger partial charge in [-0.15, -0.1) is 0 Å². The van der Waals surface area contributed by atoms with Gasteiger partial charge in [-0.2, -0.15) is 5.10 Å². The molecule has 0 heterocycles. The van der Waals surface area contributed by atoms with Crippen LogP contribution in [0, 0.1) is 0 Å². The Hall–Kier alpha value is -4.13. The first-order chi connectivity index (χ1) is 14.7. The molecule has 0 radical (unpaired) electrons. The predicted octanol–water partition coefficient (Wildman–Crippen LogP) is 3.36. The highest BCUT2D eigenvalue weighted by molar-refractivity contribution is 6.39.